The maximum atomic E-state index is 12.4. The highest BCUT2D eigenvalue weighted by molar-refractivity contribution is 5.89. The van der Waals surface area contributed by atoms with Crippen molar-refractivity contribution in [3.63, 3.8) is 0 Å². The average molecular weight is 252 g/mol. The predicted molar refractivity (Wildman–Crippen MR) is 70.0 cm³/mol. The third kappa shape index (κ3) is 2.85. The zero-order valence-corrected chi connectivity index (χ0v) is 11.5. The van der Waals surface area contributed by atoms with Crippen LogP contribution in [0.25, 0.3) is 0 Å². The second kappa shape index (κ2) is 5.72. The van der Waals surface area contributed by atoms with Gasteiger partial charge in [0.1, 0.15) is 0 Å². The first kappa shape index (κ1) is 13.4. The van der Waals surface area contributed by atoms with Gasteiger partial charge in [-0.05, 0) is 25.2 Å². The maximum Gasteiger partial charge on any atom is 0.228 e. The van der Waals surface area contributed by atoms with E-state index in [1.54, 1.807) is 0 Å². The van der Waals surface area contributed by atoms with Crippen molar-refractivity contribution < 1.29 is 9.59 Å². The molecule has 0 spiro atoms. The molecule has 0 aliphatic carbocycles. The monoisotopic (exact) mass is 252 g/mol. The van der Waals surface area contributed by atoms with Crippen LogP contribution in [0.2, 0.25) is 0 Å². The molecule has 2 aliphatic rings. The summed E-state index contributed by atoms with van der Waals surface area (Å²) in [4.78, 5) is 28.0. The standard InChI is InChI=1S/C14H24N2O2/c1-3-6-15-10-12(8-13(15)17)14(18)16-7-4-5-11(2)9-16/h11-12H,3-10H2,1-2H3/t11-,12-/m0/s1. The summed E-state index contributed by atoms with van der Waals surface area (Å²) in [6.45, 7) is 7.44. The fourth-order valence-corrected chi connectivity index (χ4v) is 3.07. The first-order valence-corrected chi connectivity index (χ1v) is 7.18. The van der Waals surface area contributed by atoms with E-state index in [1.807, 2.05) is 9.80 Å². The minimum atomic E-state index is -0.0886. The van der Waals surface area contributed by atoms with E-state index in [1.165, 1.54) is 6.42 Å². The van der Waals surface area contributed by atoms with Crippen molar-refractivity contribution in [1.82, 2.24) is 9.80 Å². The number of amides is 2. The number of carbonyl (C=O) groups is 2. The fourth-order valence-electron chi connectivity index (χ4n) is 3.07. The lowest BCUT2D eigenvalue weighted by atomic mass is 9.98. The van der Waals surface area contributed by atoms with Gasteiger partial charge in [0.05, 0.1) is 5.92 Å². The summed E-state index contributed by atoms with van der Waals surface area (Å²) in [6.07, 6.45) is 3.71. The summed E-state index contributed by atoms with van der Waals surface area (Å²) in [7, 11) is 0. The highest BCUT2D eigenvalue weighted by atomic mass is 16.2. The number of piperidine rings is 1. The molecule has 4 heteroatoms. The Morgan fingerprint density at radius 1 is 1.39 bits per heavy atom. The number of nitrogens with zero attached hydrogens (tertiary/aromatic N) is 2. The van der Waals surface area contributed by atoms with Crippen molar-refractivity contribution in [2.24, 2.45) is 11.8 Å². The van der Waals surface area contributed by atoms with Crippen LogP contribution >= 0.6 is 0 Å². The van der Waals surface area contributed by atoms with Gasteiger partial charge in [-0.2, -0.15) is 0 Å². The van der Waals surface area contributed by atoms with Crippen LogP contribution in [-0.4, -0.2) is 47.8 Å². The van der Waals surface area contributed by atoms with Gasteiger partial charge in [0.2, 0.25) is 11.8 Å². The summed E-state index contributed by atoms with van der Waals surface area (Å²) in [5, 5.41) is 0. The summed E-state index contributed by atoms with van der Waals surface area (Å²) in [5.41, 5.74) is 0. The van der Waals surface area contributed by atoms with Gasteiger partial charge in [0.25, 0.3) is 0 Å². The second-order valence-electron chi connectivity index (χ2n) is 5.77. The van der Waals surface area contributed by atoms with Gasteiger partial charge in [-0.1, -0.05) is 13.8 Å². The molecular weight excluding hydrogens is 228 g/mol. The summed E-state index contributed by atoms with van der Waals surface area (Å²) >= 11 is 0. The molecule has 2 atom stereocenters. The van der Waals surface area contributed by atoms with Crippen LogP contribution < -0.4 is 0 Å². The molecule has 2 fully saturated rings. The largest absolute Gasteiger partial charge is 0.342 e. The molecule has 0 saturated carbocycles. The highest BCUT2D eigenvalue weighted by Gasteiger charge is 2.36. The molecule has 2 aliphatic heterocycles. The zero-order chi connectivity index (χ0) is 13.1. The van der Waals surface area contributed by atoms with Crippen molar-refractivity contribution in [3.8, 4) is 0 Å². The van der Waals surface area contributed by atoms with E-state index in [9.17, 15) is 9.59 Å². The second-order valence-corrected chi connectivity index (χ2v) is 5.77. The lowest BCUT2D eigenvalue weighted by molar-refractivity contribution is -0.137. The Morgan fingerprint density at radius 2 is 2.17 bits per heavy atom. The van der Waals surface area contributed by atoms with Gasteiger partial charge in [-0.15, -0.1) is 0 Å². The van der Waals surface area contributed by atoms with Crippen LogP contribution in [0.5, 0.6) is 0 Å². The third-order valence-corrected chi connectivity index (χ3v) is 4.03. The third-order valence-electron chi connectivity index (χ3n) is 4.03. The SMILES string of the molecule is CCCN1C[C@@H](C(=O)N2CCC[C@H](C)C2)CC1=O. The topological polar surface area (TPSA) is 40.6 Å². The molecule has 2 saturated heterocycles. The molecule has 18 heavy (non-hydrogen) atoms. The molecule has 2 amide bonds. The molecule has 4 nitrogen and oxygen atoms in total. The van der Waals surface area contributed by atoms with E-state index < -0.39 is 0 Å². The maximum absolute atomic E-state index is 12.4. The molecular formula is C14H24N2O2. The Bertz CT molecular complexity index is 330. The van der Waals surface area contributed by atoms with Crippen LogP contribution in [0.15, 0.2) is 0 Å². The molecule has 0 unspecified atom stereocenters. The van der Waals surface area contributed by atoms with Crippen LogP contribution in [0, 0.1) is 11.8 Å². The Kier molecular flexibility index (Phi) is 4.25. The van der Waals surface area contributed by atoms with E-state index in [4.69, 9.17) is 0 Å². The predicted octanol–water partition coefficient (Wildman–Crippen LogP) is 1.50. The van der Waals surface area contributed by atoms with Crippen LogP contribution in [0.1, 0.15) is 39.5 Å². The Balaban J connectivity index is 1.92. The summed E-state index contributed by atoms with van der Waals surface area (Å²) in [5.74, 6) is 0.870. The molecule has 2 heterocycles. The summed E-state index contributed by atoms with van der Waals surface area (Å²) < 4.78 is 0. The van der Waals surface area contributed by atoms with Crippen molar-refractivity contribution in [2.45, 2.75) is 39.5 Å². The Labute approximate surface area is 109 Å². The van der Waals surface area contributed by atoms with Gasteiger partial charge in [0.15, 0.2) is 0 Å². The Morgan fingerprint density at radius 3 is 2.83 bits per heavy atom. The zero-order valence-electron chi connectivity index (χ0n) is 11.5. The van der Waals surface area contributed by atoms with Crippen LogP contribution in [0.3, 0.4) is 0 Å². The number of hydrogen-bond donors (Lipinski definition) is 0. The van der Waals surface area contributed by atoms with E-state index >= 15 is 0 Å². The van der Waals surface area contributed by atoms with Crippen molar-refractivity contribution in [2.75, 3.05) is 26.2 Å². The van der Waals surface area contributed by atoms with Crippen molar-refractivity contribution >= 4 is 11.8 Å². The van der Waals surface area contributed by atoms with Gasteiger partial charge in [0, 0.05) is 32.6 Å². The molecule has 0 radical (unpaired) electrons. The molecule has 2 rings (SSSR count). The molecule has 0 aromatic heterocycles. The van der Waals surface area contributed by atoms with Gasteiger partial charge in [-0.3, -0.25) is 9.59 Å². The van der Waals surface area contributed by atoms with E-state index in [2.05, 4.69) is 13.8 Å². The minimum absolute atomic E-state index is 0.0886. The van der Waals surface area contributed by atoms with E-state index in [0.29, 0.717) is 18.9 Å². The molecule has 0 aromatic carbocycles. The number of hydrogen-bond acceptors (Lipinski definition) is 2. The number of carbonyl (C=O) groups excluding carboxylic acids is 2. The van der Waals surface area contributed by atoms with E-state index in [0.717, 1.165) is 32.5 Å². The lowest BCUT2D eigenvalue weighted by Crippen LogP contribution is -2.43. The number of likely N-dealkylation sites (tertiary alicyclic amines) is 2. The highest BCUT2D eigenvalue weighted by Crippen LogP contribution is 2.23. The smallest absolute Gasteiger partial charge is 0.228 e. The fraction of sp³-hybridized carbons (Fsp3) is 0.857. The average Bonchev–Trinajstić information content (AvgIpc) is 2.71. The van der Waals surface area contributed by atoms with Crippen molar-refractivity contribution in [3.05, 3.63) is 0 Å². The summed E-state index contributed by atoms with van der Waals surface area (Å²) in [6, 6.07) is 0. The quantitative estimate of drug-likeness (QED) is 0.764. The lowest BCUT2D eigenvalue weighted by Gasteiger charge is -2.32. The van der Waals surface area contributed by atoms with Crippen molar-refractivity contribution in [1.29, 1.82) is 0 Å². The minimum Gasteiger partial charge on any atom is -0.342 e. The molecule has 0 bridgehead atoms. The van der Waals surface area contributed by atoms with E-state index in [-0.39, 0.29) is 17.7 Å². The Hall–Kier alpha value is -1.06. The molecule has 0 aromatic rings. The molecule has 102 valence electrons. The first-order chi connectivity index (χ1) is 8.61. The van der Waals surface area contributed by atoms with Crippen LogP contribution in [-0.2, 0) is 9.59 Å². The first-order valence-electron chi connectivity index (χ1n) is 7.18. The van der Waals surface area contributed by atoms with Gasteiger partial charge in [-0.25, -0.2) is 0 Å². The normalized spacial score (nSPS) is 28.9. The number of rotatable bonds is 3. The van der Waals surface area contributed by atoms with Gasteiger partial charge < -0.3 is 9.80 Å². The van der Waals surface area contributed by atoms with Crippen LogP contribution in [0.4, 0.5) is 0 Å². The molecule has 0 N–H and O–H groups in total. The van der Waals surface area contributed by atoms with Gasteiger partial charge >= 0.3 is 0 Å².